The van der Waals surface area contributed by atoms with E-state index in [1.807, 2.05) is 4.90 Å². The molecule has 0 bridgehead atoms. The summed E-state index contributed by atoms with van der Waals surface area (Å²) in [5, 5.41) is 0. The fourth-order valence-electron chi connectivity index (χ4n) is 4.41. The Kier molecular flexibility index (Phi) is 4.30. The Hall–Kier alpha value is -1.30. The van der Waals surface area contributed by atoms with Crippen LogP contribution in [-0.4, -0.2) is 73.0 Å². The molecule has 3 amide bonds. The number of urea groups is 1. The zero-order valence-corrected chi connectivity index (χ0v) is 13.6. The number of carbonyl (C=O) groups excluding carboxylic acids is 2. The Morgan fingerprint density at radius 1 is 1.05 bits per heavy atom. The molecule has 3 fully saturated rings. The molecule has 124 valence electrons. The number of carbonyl (C=O) groups is 2. The Morgan fingerprint density at radius 3 is 2.32 bits per heavy atom. The smallest absolute Gasteiger partial charge is 0.314 e. The molecule has 0 aliphatic carbocycles. The Labute approximate surface area is 132 Å². The van der Waals surface area contributed by atoms with Gasteiger partial charge in [0.05, 0.1) is 5.92 Å². The number of nitrogens with zero attached hydrogens (tertiary/aromatic N) is 3. The van der Waals surface area contributed by atoms with E-state index in [0.717, 1.165) is 38.8 Å². The van der Waals surface area contributed by atoms with Crippen LogP contribution in [0.4, 0.5) is 4.79 Å². The minimum absolute atomic E-state index is 0.0541. The fourth-order valence-corrected chi connectivity index (χ4v) is 4.41. The van der Waals surface area contributed by atoms with Crippen LogP contribution in [0.3, 0.4) is 0 Å². The molecule has 1 atom stereocenters. The maximum Gasteiger partial charge on any atom is 0.314 e. The molecule has 3 rings (SSSR count). The van der Waals surface area contributed by atoms with Crippen LogP contribution in [0.25, 0.3) is 0 Å². The number of amides is 3. The molecule has 3 aliphatic heterocycles. The van der Waals surface area contributed by atoms with Crippen LogP contribution < -0.4 is 5.73 Å². The molecule has 3 saturated heterocycles. The highest BCUT2D eigenvalue weighted by atomic mass is 16.2. The van der Waals surface area contributed by atoms with Gasteiger partial charge < -0.3 is 20.4 Å². The normalized spacial score (nSPS) is 29.0. The summed E-state index contributed by atoms with van der Waals surface area (Å²) in [5.74, 6) is 0.175. The van der Waals surface area contributed by atoms with Crippen molar-refractivity contribution >= 4 is 11.9 Å². The van der Waals surface area contributed by atoms with Gasteiger partial charge in [0.2, 0.25) is 5.91 Å². The van der Waals surface area contributed by atoms with Crippen LogP contribution in [0.5, 0.6) is 0 Å². The first-order valence-corrected chi connectivity index (χ1v) is 8.51. The van der Waals surface area contributed by atoms with Gasteiger partial charge in [0.25, 0.3) is 0 Å². The molecular weight excluding hydrogens is 280 g/mol. The predicted octanol–water partition coefficient (Wildman–Crippen LogP) is 0.721. The first-order valence-electron chi connectivity index (χ1n) is 8.51. The largest absolute Gasteiger partial charge is 0.351 e. The van der Waals surface area contributed by atoms with Crippen LogP contribution in [0.15, 0.2) is 0 Å². The van der Waals surface area contributed by atoms with Crippen molar-refractivity contribution in [3.8, 4) is 0 Å². The summed E-state index contributed by atoms with van der Waals surface area (Å²) in [7, 11) is 2.19. The summed E-state index contributed by atoms with van der Waals surface area (Å²) in [4.78, 5) is 30.1. The molecule has 2 N–H and O–H groups in total. The second kappa shape index (κ2) is 6.07. The number of hydrogen-bond donors (Lipinski definition) is 1. The lowest BCUT2D eigenvalue weighted by atomic mass is 9.77. The van der Waals surface area contributed by atoms with E-state index in [4.69, 9.17) is 5.73 Å². The van der Waals surface area contributed by atoms with Gasteiger partial charge in [-0.2, -0.15) is 0 Å². The topological polar surface area (TPSA) is 69.9 Å². The van der Waals surface area contributed by atoms with Gasteiger partial charge in [-0.15, -0.1) is 0 Å². The molecule has 0 aromatic rings. The molecule has 0 aromatic carbocycles. The van der Waals surface area contributed by atoms with E-state index < -0.39 is 6.03 Å². The number of rotatable bonds is 1. The standard InChI is InChI=1S/C16H28N4O2/c1-18-8-4-16(12-18)5-9-19(10-6-16)14(21)13-3-2-7-20(11-13)15(17)22/h13H,2-12H2,1H3,(H2,17,22). The number of hydrogen-bond acceptors (Lipinski definition) is 3. The van der Waals surface area contributed by atoms with Crippen molar-refractivity contribution < 1.29 is 9.59 Å². The van der Waals surface area contributed by atoms with Crippen molar-refractivity contribution in [2.45, 2.75) is 32.1 Å². The fraction of sp³-hybridized carbons (Fsp3) is 0.875. The van der Waals surface area contributed by atoms with Gasteiger partial charge in [-0.25, -0.2) is 4.79 Å². The zero-order valence-electron chi connectivity index (χ0n) is 13.6. The minimum Gasteiger partial charge on any atom is -0.351 e. The third-order valence-electron chi connectivity index (χ3n) is 5.85. The predicted molar refractivity (Wildman–Crippen MR) is 84.2 cm³/mol. The summed E-state index contributed by atoms with van der Waals surface area (Å²) in [6.07, 6.45) is 5.27. The molecule has 3 heterocycles. The van der Waals surface area contributed by atoms with Crippen molar-refractivity contribution in [2.75, 3.05) is 46.3 Å². The maximum absolute atomic E-state index is 12.7. The highest BCUT2D eigenvalue weighted by molar-refractivity contribution is 5.80. The molecule has 1 unspecified atom stereocenters. The van der Waals surface area contributed by atoms with E-state index in [0.29, 0.717) is 18.5 Å². The summed E-state index contributed by atoms with van der Waals surface area (Å²) < 4.78 is 0. The summed E-state index contributed by atoms with van der Waals surface area (Å²) in [5.41, 5.74) is 5.80. The number of nitrogens with two attached hydrogens (primary N) is 1. The molecular formula is C16H28N4O2. The monoisotopic (exact) mass is 308 g/mol. The van der Waals surface area contributed by atoms with Crippen molar-refractivity contribution in [1.29, 1.82) is 0 Å². The zero-order chi connectivity index (χ0) is 15.7. The first-order chi connectivity index (χ1) is 10.5. The molecule has 6 heteroatoms. The summed E-state index contributed by atoms with van der Waals surface area (Å²) >= 11 is 0. The highest BCUT2D eigenvalue weighted by Gasteiger charge is 2.41. The number of primary amides is 1. The lowest BCUT2D eigenvalue weighted by molar-refractivity contribution is -0.139. The van der Waals surface area contributed by atoms with Crippen LogP contribution >= 0.6 is 0 Å². The minimum atomic E-state index is -0.399. The van der Waals surface area contributed by atoms with Gasteiger partial charge >= 0.3 is 6.03 Å². The van der Waals surface area contributed by atoms with E-state index in [-0.39, 0.29) is 11.8 Å². The third kappa shape index (κ3) is 3.07. The summed E-state index contributed by atoms with van der Waals surface area (Å²) in [6.45, 7) is 5.30. The van der Waals surface area contributed by atoms with Crippen LogP contribution in [0.1, 0.15) is 32.1 Å². The van der Waals surface area contributed by atoms with Gasteiger partial charge in [0.15, 0.2) is 0 Å². The third-order valence-corrected chi connectivity index (χ3v) is 5.85. The van der Waals surface area contributed by atoms with Gasteiger partial charge in [-0.1, -0.05) is 0 Å². The Balaban J connectivity index is 1.54. The maximum atomic E-state index is 12.7. The summed E-state index contributed by atoms with van der Waals surface area (Å²) in [6, 6.07) is -0.399. The number of likely N-dealkylation sites (tertiary alicyclic amines) is 3. The van der Waals surface area contributed by atoms with Crippen molar-refractivity contribution in [3.63, 3.8) is 0 Å². The van der Waals surface area contributed by atoms with Crippen LogP contribution in [0.2, 0.25) is 0 Å². The van der Waals surface area contributed by atoms with Crippen molar-refractivity contribution in [1.82, 2.24) is 14.7 Å². The SMILES string of the molecule is CN1CCC2(CCN(C(=O)C3CCCN(C(N)=O)C3)CC2)C1. The molecule has 0 aromatic heterocycles. The Morgan fingerprint density at radius 2 is 1.73 bits per heavy atom. The van der Waals surface area contributed by atoms with E-state index in [1.165, 1.54) is 19.5 Å². The second-order valence-corrected chi connectivity index (χ2v) is 7.44. The van der Waals surface area contributed by atoms with Crippen molar-refractivity contribution in [3.05, 3.63) is 0 Å². The average molecular weight is 308 g/mol. The van der Waals surface area contributed by atoms with E-state index in [9.17, 15) is 9.59 Å². The molecule has 0 radical (unpaired) electrons. The van der Waals surface area contributed by atoms with Crippen LogP contribution in [-0.2, 0) is 4.79 Å². The highest BCUT2D eigenvalue weighted by Crippen LogP contribution is 2.40. The van der Waals surface area contributed by atoms with Gasteiger partial charge in [0, 0.05) is 32.7 Å². The van der Waals surface area contributed by atoms with Crippen molar-refractivity contribution in [2.24, 2.45) is 17.1 Å². The Bertz CT molecular complexity index is 445. The first kappa shape index (κ1) is 15.6. The van der Waals surface area contributed by atoms with E-state index in [1.54, 1.807) is 4.90 Å². The van der Waals surface area contributed by atoms with Gasteiger partial charge in [-0.05, 0) is 51.1 Å². The van der Waals surface area contributed by atoms with Crippen LogP contribution in [0, 0.1) is 11.3 Å². The molecule has 6 nitrogen and oxygen atoms in total. The van der Waals surface area contributed by atoms with Gasteiger partial charge in [-0.3, -0.25) is 4.79 Å². The molecule has 3 aliphatic rings. The van der Waals surface area contributed by atoms with E-state index in [2.05, 4.69) is 11.9 Å². The number of piperidine rings is 2. The molecule has 0 saturated carbocycles. The lowest BCUT2D eigenvalue weighted by Gasteiger charge is -2.41. The lowest BCUT2D eigenvalue weighted by Crippen LogP contribution is -2.51. The average Bonchev–Trinajstić information content (AvgIpc) is 2.88. The van der Waals surface area contributed by atoms with E-state index >= 15 is 0 Å². The quantitative estimate of drug-likeness (QED) is 0.776. The van der Waals surface area contributed by atoms with Gasteiger partial charge in [0.1, 0.15) is 0 Å². The molecule has 1 spiro atoms. The molecule has 22 heavy (non-hydrogen) atoms. The second-order valence-electron chi connectivity index (χ2n) is 7.44.